The van der Waals surface area contributed by atoms with Gasteiger partial charge >= 0.3 is 0 Å². The summed E-state index contributed by atoms with van der Waals surface area (Å²) >= 11 is 0. The minimum Gasteiger partial charge on any atom is -0.440 e. The van der Waals surface area contributed by atoms with Gasteiger partial charge in [0.2, 0.25) is 10.9 Å². The number of sulfonamides is 1. The molecule has 2 aliphatic rings. The molecule has 3 heterocycles. The second kappa shape index (κ2) is 6.26. The van der Waals surface area contributed by atoms with E-state index >= 15 is 0 Å². The van der Waals surface area contributed by atoms with Crippen LogP contribution in [-0.2, 0) is 14.8 Å². The Labute approximate surface area is 147 Å². The monoisotopic (exact) mass is 366 g/mol. The van der Waals surface area contributed by atoms with Gasteiger partial charge in [-0.05, 0) is 37.8 Å². The summed E-state index contributed by atoms with van der Waals surface area (Å²) in [6.45, 7) is 1.00. The lowest BCUT2D eigenvalue weighted by Crippen LogP contribution is -2.49. The average molecular weight is 366 g/mol. The third kappa shape index (κ3) is 2.82. The Kier molecular flexibility index (Phi) is 4.21. The summed E-state index contributed by atoms with van der Waals surface area (Å²) in [6, 6.07) is 4.71. The number of aromatic nitrogens is 1. The lowest BCUT2D eigenvalue weighted by molar-refractivity contribution is -0.0186. The van der Waals surface area contributed by atoms with E-state index < -0.39 is 10.0 Å². The molecule has 2 fully saturated rings. The van der Waals surface area contributed by atoms with E-state index in [1.807, 2.05) is 0 Å². The average Bonchev–Trinajstić information content (AvgIpc) is 3.35. The first-order valence-electron chi connectivity index (χ1n) is 8.59. The minimum absolute atomic E-state index is 0.0529. The van der Waals surface area contributed by atoms with Crippen LogP contribution in [0.5, 0.6) is 0 Å². The van der Waals surface area contributed by atoms with Crippen LogP contribution in [-0.4, -0.2) is 44.2 Å². The highest BCUT2D eigenvalue weighted by atomic mass is 32.2. The fraction of sp³-hybridized carbons (Fsp3) is 0.588. The molecule has 4 rings (SSSR count). The summed E-state index contributed by atoms with van der Waals surface area (Å²) in [7, 11) is -1.95. The van der Waals surface area contributed by atoms with Gasteiger partial charge in [0.25, 0.3) is 10.0 Å². The van der Waals surface area contributed by atoms with Crippen molar-refractivity contribution in [2.24, 2.45) is 5.41 Å². The van der Waals surface area contributed by atoms with E-state index in [0.29, 0.717) is 24.6 Å². The van der Waals surface area contributed by atoms with Crippen LogP contribution in [0.15, 0.2) is 38.4 Å². The molecule has 0 N–H and O–H groups in total. The lowest BCUT2D eigenvalue weighted by atomic mass is 9.77. The van der Waals surface area contributed by atoms with Gasteiger partial charge in [-0.2, -0.15) is 4.31 Å². The topological polar surface area (TPSA) is 85.8 Å². The molecule has 8 heteroatoms. The Balaban J connectivity index is 1.60. The normalized spacial score (nSPS) is 28.0. The molecule has 2 atom stereocenters. The van der Waals surface area contributed by atoms with Crippen LogP contribution in [0, 0.1) is 5.41 Å². The number of piperidine rings is 1. The van der Waals surface area contributed by atoms with Crippen molar-refractivity contribution in [1.29, 1.82) is 0 Å². The molecule has 0 radical (unpaired) electrons. The molecule has 0 amide bonds. The minimum atomic E-state index is -3.68. The summed E-state index contributed by atoms with van der Waals surface area (Å²) in [5, 5.41) is 3.56. The van der Waals surface area contributed by atoms with Gasteiger partial charge in [-0.15, -0.1) is 0 Å². The second-order valence-electron chi connectivity index (χ2n) is 6.92. The van der Waals surface area contributed by atoms with Gasteiger partial charge in [0.1, 0.15) is 0 Å². The first-order chi connectivity index (χ1) is 12.0. The van der Waals surface area contributed by atoms with Crippen molar-refractivity contribution in [3.63, 3.8) is 0 Å². The first kappa shape index (κ1) is 16.8. The lowest BCUT2D eigenvalue weighted by Gasteiger charge is -2.42. The number of furan rings is 1. The summed E-state index contributed by atoms with van der Waals surface area (Å²) in [4.78, 5) is 0. The highest BCUT2D eigenvalue weighted by Gasteiger charge is 2.48. The molecule has 0 aromatic carbocycles. The maximum Gasteiger partial charge on any atom is 0.276 e. The maximum atomic E-state index is 13.1. The maximum absolute atomic E-state index is 13.1. The van der Waals surface area contributed by atoms with Crippen molar-refractivity contribution in [3.8, 4) is 11.5 Å². The summed E-state index contributed by atoms with van der Waals surface area (Å²) < 4.78 is 43.9. The van der Waals surface area contributed by atoms with Crippen LogP contribution in [0.2, 0.25) is 0 Å². The fourth-order valence-corrected chi connectivity index (χ4v) is 5.81. The van der Waals surface area contributed by atoms with Crippen LogP contribution in [0.1, 0.15) is 32.1 Å². The van der Waals surface area contributed by atoms with Crippen LogP contribution >= 0.6 is 0 Å². The summed E-state index contributed by atoms with van der Waals surface area (Å²) in [5.74, 6) is 0.769. The van der Waals surface area contributed by atoms with Gasteiger partial charge in [0, 0.05) is 31.7 Å². The second-order valence-corrected chi connectivity index (χ2v) is 8.79. The zero-order valence-electron chi connectivity index (χ0n) is 14.2. The van der Waals surface area contributed by atoms with Crippen molar-refractivity contribution < 1.29 is 22.1 Å². The highest BCUT2D eigenvalue weighted by molar-refractivity contribution is 7.89. The Morgan fingerprint density at radius 1 is 1.24 bits per heavy atom. The first-order valence-corrected chi connectivity index (χ1v) is 10.0. The van der Waals surface area contributed by atoms with E-state index in [-0.39, 0.29) is 16.6 Å². The Hall–Kier alpha value is -1.64. The molecule has 0 bridgehead atoms. The van der Waals surface area contributed by atoms with E-state index in [4.69, 9.17) is 13.7 Å². The van der Waals surface area contributed by atoms with Crippen molar-refractivity contribution in [1.82, 2.24) is 9.46 Å². The molecule has 1 saturated carbocycles. The number of ether oxygens (including phenoxy) is 1. The number of nitrogens with zero attached hydrogens (tertiary/aromatic N) is 2. The molecular formula is C17H22N2O5S. The van der Waals surface area contributed by atoms with Crippen molar-refractivity contribution >= 4 is 10.0 Å². The van der Waals surface area contributed by atoms with Gasteiger partial charge in [-0.1, -0.05) is 11.6 Å². The van der Waals surface area contributed by atoms with Crippen molar-refractivity contribution in [2.45, 2.75) is 43.3 Å². The van der Waals surface area contributed by atoms with Gasteiger partial charge in [0.15, 0.2) is 5.76 Å². The number of hydrogen-bond donors (Lipinski definition) is 0. The Bertz CT molecular complexity index is 829. The van der Waals surface area contributed by atoms with E-state index in [2.05, 4.69) is 5.16 Å². The van der Waals surface area contributed by atoms with Crippen molar-refractivity contribution in [2.75, 3.05) is 20.2 Å². The largest absolute Gasteiger partial charge is 0.440 e. The molecule has 25 heavy (non-hydrogen) atoms. The molecule has 136 valence electrons. The van der Waals surface area contributed by atoms with Crippen LogP contribution in [0.25, 0.3) is 11.5 Å². The van der Waals surface area contributed by atoms with E-state index in [1.54, 1.807) is 23.5 Å². The van der Waals surface area contributed by atoms with E-state index in [1.165, 1.54) is 12.3 Å². The van der Waals surface area contributed by atoms with Crippen LogP contribution in [0.3, 0.4) is 0 Å². The molecule has 1 saturated heterocycles. The SMILES string of the molecule is CO[C@@H]1CCC[C@@]12CCCN(S(=O)(=O)c1ccc(-c3ccno3)o1)C2. The molecule has 2 aromatic heterocycles. The number of methoxy groups -OCH3 is 1. The number of rotatable bonds is 4. The van der Waals surface area contributed by atoms with Gasteiger partial charge < -0.3 is 13.7 Å². The predicted octanol–water partition coefficient (Wildman–Crippen LogP) is 2.90. The molecule has 1 aliphatic carbocycles. The molecule has 1 spiro atoms. The van der Waals surface area contributed by atoms with E-state index in [9.17, 15) is 8.42 Å². The molecule has 0 unspecified atom stereocenters. The zero-order chi connectivity index (χ0) is 17.5. The van der Waals surface area contributed by atoms with Gasteiger partial charge in [0.05, 0.1) is 12.3 Å². The molecule has 2 aromatic rings. The van der Waals surface area contributed by atoms with Crippen LogP contribution in [0.4, 0.5) is 0 Å². The van der Waals surface area contributed by atoms with Gasteiger partial charge in [-0.25, -0.2) is 8.42 Å². The molecular weight excluding hydrogens is 344 g/mol. The third-order valence-electron chi connectivity index (χ3n) is 5.54. The van der Waals surface area contributed by atoms with Crippen LogP contribution < -0.4 is 0 Å². The number of hydrogen-bond acceptors (Lipinski definition) is 6. The standard InChI is InChI=1S/C17H22N2O5S/c1-22-15-4-2-8-17(15)9-3-11-19(12-17)25(20,21)16-6-5-13(23-16)14-7-10-18-24-14/h5-7,10,15H,2-4,8-9,11-12H2,1H3/t15-,17+/m1/s1. The van der Waals surface area contributed by atoms with Gasteiger partial charge in [-0.3, -0.25) is 0 Å². The Morgan fingerprint density at radius 3 is 2.84 bits per heavy atom. The zero-order valence-corrected chi connectivity index (χ0v) is 15.0. The van der Waals surface area contributed by atoms with Crippen molar-refractivity contribution in [3.05, 3.63) is 24.4 Å². The fourth-order valence-electron chi connectivity index (χ4n) is 4.32. The predicted molar refractivity (Wildman–Crippen MR) is 89.3 cm³/mol. The highest BCUT2D eigenvalue weighted by Crippen LogP contribution is 2.47. The molecule has 7 nitrogen and oxygen atoms in total. The third-order valence-corrected chi connectivity index (χ3v) is 7.26. The Morgan fingerprint density at radius 2 is 2.08 bits per heavy atom. The quantitative estimate of drug-likeness (QED) is 0.827. The molecule has 1 aliphatic heterocycles. The summed E-state index contributed by atoms with van der Waals surface area (Å²) in [5.41, 5.74) is -0.0690. The summed E-state index contributed by atoms with van der Waals surface area (Å²) in [6.07, 6.45) is 6.58. The smallest absolute Gasteiger partial charge is 0.276 e. The van der Waals surface area contributed by atoms with E-state index in [0.717, 1.165) is 32.1 Å².